The Morgan fingerprint density at radius 2 is 1.33 bits per heavy atom. The van der Waals surface area contributed by atoms with Gasteiger partial charge in [0.15, 0.2) is 0 Å². The number of hydrogen-bond donors (Lipinski definition) is 0. The second kappa shape index (κ2) is 6.65. The second-order valence-electron chi connectivity index (χ2n) is 6.66. The summed E-state index contributed by atoms with van der Waals surface area (Å²) in [5.74, 6) is 0. The smallest absolute Gasteiger partial charge is 0.348 e. The second-order valence-corrected chi connectivity index (χ2v) is 15.2. The first-order chi connectivity index (χ1) is 8.00. The molecule has 0 saturated heterocycles. The third-order valence-corrected chi connectivity index (χ3v) is 13.1. The quantitative estimate of drug-likeness (QED) is 0.669. The maximum atomic E-state index is 5.95. The van der Waals surface area contributed by atoms with Crippen LogP contribution in [0.4, 0.5) is 0 Å². The maximum absolute atomic E-state index is 5.95. The van der Waals surface area contributed by atoms with E-state index in [4.69, 9.17) is 8.85 Å². The molecule has 0 spiro atoms. The largest absolute Gasteiger partial charge is 0.394 e. The van der Waals surface area contributed by atoms with Crippen LogP contribution in [0.3, 0.4) is 0 Å². The first-order valence-electron chi connectivity index (χ1n) is 6.99. The van der Waals surface area contributed by atoms with E-state index in [0.717, 1.165) is 19.4 Å². The van der Waals surface area contributed by atoms with Crippen molar-refractivity contribution in [2.24, 2.45) is 0 Å². The van der Waals surface area contributed by atoms with Gasteiger partial charge < -0.3 is 13.4 Å². The lowest BCUT2D eigenvalue weighted by atomic mass is 10.2. The minimum Gasteiger partial charge on any atom is -0.394 e. The van der Waals surface area contributed by atoms with Crippen molar-refractivity contribution >= 4 is 16.8 Å². The van der Waals surface area contributed by atoms with E-state index in [-0.39, 0.29) is 0 Å². The van der Waals surface area contributed by atoms with Gasteiger partial charge in [0.05, 0.1) is 0 Å². The van der Waals surface area contributed by atoms with Gasteiger partial charge in [-0.3, -0.25) is 0 Å². The van der Waals surface area contributed by atoms with Gasteiger partial charge in [-0.1, -0.05) is 33.9 Å². The molecule has 3 nitrogen and oxygen atoms in total. The van der Waals surface area contributed by atoms with E-state index in [1.54, 1.807) is 0 Å². The van der Waals surface area contributed by atoms with Crippen molar-refractivity contribution in [1.29, 1.82) is 0 Å². The molecular formula is C13H33NO2Si2. The minimum absolute atomic E-state index is 0.357. The summed E-state index contributed by atoms with van der Waals surface area (Å²) in [6, 6.07) is 0. The molecule has 0 N–H and O–H groups in total. The van der Waals surface area contributed by atoms with Crippen molar-refractivity contribution in [2.75, 3.05) is 26.4 Å². The highest BCUT2D eigenvalue weighted by molar-refractivity contribution is 6.79. The van der Waals surface area contributed by atoms with E-state index in [1.165, 1.54) is 0 Å². The Morgan fingerprint density at radius 1 is 0.944 bits per heavy atom. The SMILES string of the molecule is CCO[Si](C)(CN(C)[Si](C)(C)C(C)(C)C)OCC. The molecule has 0 rings (SSSR count). The highest BCUT2D eigenvalue weighted by Gasteiger charge is 2.43. The number of nitrogens with zero attached hydrogens (tertiary/aromatic N) is 1. The van der Waals surface area contributed by atoms with Gasteiger partial charge in [0.2, 0.25) is 0 Å². The van der Waals surface area contributed by atoms with Crippen LogP contribution in [0.2, 0.25) is 24.7 Å². The summed E-state index contributed by atoms with van der Waals surface area (Å²) < 4.78 is 14.4. The van der Waals surface area contributed by atoms with Crippen LogP contribution in [0.5, 0.6) is 0 Å². The molecule has 0 aromatic rings. The Hall–Kier alpha value is 0.314. The van der Waals surface area contributed by atoms with Crippen molar-refractivity contribution in [1.82, 2.24) is 4.57 Å². The first kappa shape index (κ1) is 18.3. The van der Waals surface area contributed by atoms with Crippen molar-refractivity contribution in [3.05, 3.63) is 0 Å². The third-order valence-electron chi connectivity index (χ3n) is 4.21. The molecule has 0 unspecified atom stereocenters. The van der Waals surface area contributed by atoms with Gasteiger partial charge in [0.1, 0.15) is 8.24 Å². The summed E-state index contributed by atoms with van der Waals surface area (Å²) in [6.07, 6.45) is 0.963. The van der Waals surface area contributed by atoms with Crippen molar-refractivity contribution in [3.8, 4) is 0 Å². The summed E-state index contributed by atoms with van der Waals surface area (Å²) in [4.78, 5) is 0. The summed E-state index contributed by atoms with van der Waals surface area (Å²) in [5, 5.41) is 0.357. The van der Waals surface area contributed by atoms with E-state index < -0.39 is 16.8 Å². The minimum atomic E-state index is -2.04. The molecule has 0 saturated carbocycles. The average Bonchev–Trinajstić information content (AvgIpc) is 2.15. The van der Waals surface area contributed by atoms with Crippen molar-refractivity contribution < 1.29 is 8.85 Å². The Bertz CT molecular complexity index is 246. The predicted octanol–water partition coefficient (Wildman–Crippen LogP) is 3.61. The van der Waals surface area contributed by atoms with E-state index >= 15 is 0 Å². The van der Waals surface area contributed by atoms with E-state index in [0.29, 0.717) is 5.04 Å². The van der Waals surface area contributed by atoms with Crippen LogP contribution in [0.1, 0.15) is 34.6 Å². The Morgan fingerprint density at radius 3 is 1.61 bits per heavy atom. The lowest BCUT2D eigenvalue weighted by molar-refractivity contribution is 0.180. The molecule has 0 heterocycles. The van der Waals surface area contributed by atoms with Crippen LogP contribution in [-0.4, -0.2) is 47.8 Å². The van der Waals surface area contributed by atoms with Crippen LogP contribution in [-0.2, 0) is 8.85 Å². The molecule has 110 valence electrons. The molecule has 0 bridgehead atoms. The molecule has 0 atom stereocenters. The fourth-order valence-corrected chi connectivity index (χ4v) is 7.88. The van der Waals surface area contributed by atoms with E-state index in [1.807, 2.05) is 0 Å². The van der Waals surface area contributed by atoms with Crippen LogP contribution < -0.4 is 0 Å². The Labute approximate surface area is 116 Å². The molecule has 5 heteroatoms. The fourth-order valence-electron chi connectivity index (χ4n) is 1.94. The molecule has 0 aliphatic rings. The zero-order valence-corrected chi connectivity index (χ0v) is 15.9. The molecule has 0 fully saturated rings. The highest BCUT2D eigenvalue weighted by atomic mass is 28.4. The maximum Gasteiger partial charge on any atom is 0.348 e. The van der Waals surface area contributed by atoms with Crippen LogP contribution in [0.15, 0.2) is 0 Å². The molecular weight excluding hydrogens is 258 g/mol. The van der Waals surface area contributed by atoms with Gasteiger partial charge in [0, 0.05) is 19.4 Å². The zero-order chi connectivity index (χ0) is 14.6. The standard InChI is InChI=1S/C13H33NO2Si2/c1-10-15-18(9,16-11-2)12-14(6)17(7,8)13(3,4)5/h10-12H2,1-9H3. The van der Waals surface area contributed by atoms with Crippen LogP contribution >= 0.6 is 0 Å². The van der Waals surface area contributed by atoms with E-state index in [9.17, 15) is 0 Å². The summed E-state index contributed by atoms with van der Waals surface area (Å²) in [7, 11) is -1.27. The number of hydrogen-bond acceptors (Lipinski definition) is 3. The molecule has 0 aromatic heterocycles. The van der Waals surface area contributed by atoms with Crippen LogP contribution in [0, 0.1) is 0 Å². The lowest BCUT2D eigenvalue weighted by Crippen LogP contribution is -2.60. The van der Waals surface area contributed by atoms with Gasteiger partial charge in [0.25, 0.3) is 0 Å². The topological polar surface area (TPSA) is 21.7 Å². The molecule has 18 heavy (non-hydrogen) atoms. The summed E-state index contributed by atoms with van der Waals surface area (Å²) in [5.41, 5.74) is 0. The first-order valence-corrected chi connectivity index (χ1v) is 12.5. The summed E-state index contributed by atoms with van der Waals surface area (Å²) in [6.45, 7) is 19.7. The van der Waals surface area contributed by atoms with Gasteiger partial charge >= 0.3 is 8.56 Å². The van der Waals surface area contributed by atoms with E-state index in [2.05, 4.69) is 65.9 Å². The van der Waals surface area contributed by atoms with Crippen molar-refractivity contribution in [3.63, 3.8) is 0 Å². The monoisotopic (exact) mass is 291 g/mol. The normalized spacial score (nSPS) is 14.3. The van der Waals surface area contributed by atoms with Crippen LogP contribution in [0.25, 0.3) is 0 Å². The molecule has 0 aliphatic carbocycles. The Balaban J connectivity index is 4.84. The highest BCUT2D eigenvalue weighted by Crippen LogP contribution is 2.37. The summed E-state index contributed by atoms with van der Waals surface area (Å²) >= 11 is 0. The third kappa shape index (κ3) is 4.77. The average molecular weight is 292 g/mol. The van der Waals surface area contributed by atoms with Crippen molar-refractivity contribution in [2.45, 2.75) is 59.3 Å². The molecule has 0 aliphatic heterocycles. The zero-order valence-electron chi connectivity index (χ0n) is 13.9. The molecule has 0 aromatic carbocycles. The lowest BCUT2D eigenvalue weighted by Gasteiger charge is -2.46. The molecule has 0 amide bonds. The van der Waals surface area contributed by atoms with Gasteiger partial charge in [-0.15, -0.1) is 0 Å². The Kier molecular flexibility index (Phi) is 6.77. The van der Waals surface area contributed by atoms with Gasteiger partial charge in [-0.05, 0) is 32.5 Å². The van der Waals surface area contributed by atoms with Gasteiger partial charge in [-0.25, -0.2) is 0 Å². The number of rotatable bonds is 7. The predicted molar refractivity (Wildman–Crippen MR) is 84.7 cm³/mol. The molecule has 0 radical (unpaired) electrons. The van der Waals surface area contributed by atoms with Gasteiger partial charge in [-0.2, -0.15) is 0 Å². The fraction of sp³-hybridized carbons (Fsp3) is 1.00.